The number of hydrazone groups is 1. The van der Waals surface area contributed by atoms with Crippen LogP contribution in [0, 0.1) is 0 Å². The summed E-state index contributed by atoms with van der Waals surface area (Å²) in [6.07, 6.45) is 1.71. The predicted octanol–water partition coefficient (Wildman–Crippen LogP) is 4.52. The van der Waals surface area contributed by atoms with Crippen molar-refractivity contribution < 1.29 is 9.47 Å². The molecule has 3 aromatic rings. The van der Waals surface area contributed by atoms with E-state index in [0.29, 0.717) is 11.5 Å². The van der Waals surface area contributed by atoms with Crippen molar-refractivity contribution in [2.45, 2.75) is 0 Å². The van der Waals surface area contributed by atoms with Crippen LogP contribution in [0.1, 0.15) is 5.56 Å². The lowest BCUT2D eigenvalue weighted by Gasteiger charge is -2.10. The van der Waals surface area contributed by atoms with Crippen LogP contribution in [0.2, 0.25) is 0 Å². The molecule has 0 saturated carbocycles. The van der Waals surface area contributed by atoms with Crippen molar-refractivity contribution in [3.05, 3.63) is 46.4 Å². The Kier molecular flexibility index (Phi) is 4.78. The number of ether oxygens (including phenoxy) is 2. The molecule has 0 radical (unpaired) electrons. The van der Waals surface area contributed by atoms with Gasteiger partial charge in [0.25, 0.3) is 0 Å². The maximum Gasteiger partial charge on any atom is 0.204 e. The van der Waals surface area contributed by atoms with Gasteiger partial charge in [-0.2, -0.15) is 5.10 Å². The molecule has 23 heavy (non-hydrogen) atoms. The number of fused-ring (bicyclic) bond motifs is 1. The third-order valence-corrected chi connectivity index (χ3v) is 4.65. The van der Waals surface area contributed by atoms with Crippen LogP contribution in [0.15, 0.2) is 46.0 Å². The summed E-state index contributed by atoms with van der Waals surface area (Å²) in [5.41, 5.74) is 4.80. The molecule has 0 fully saturated rings. The maximum absolute atomic E-state index is 5.31. The standard InChI is InChI=1S/C16H14BrN3O2S/c1-21-13-8-10(7-11(17)15(13)22-2)9-18-20-16-19-12-5-3-4-6-14(12)23-16/h3-9H,1-2H3,(H,19,20). The summed E-state index contributed by atoms with van der Waals surface area (Å²) in [6, 6.07) is 11.7. The number of thiazole rings is 1. The molecule has 1 N–H and O–H groups in total. The second-order valence-corrected chi connectivity index (χ2v) is 6.48. The molecular formula is C16H14BrN3O2S. The molecule has 0 unspecified atom stereocenters. The Labute approximate surface area is 146 Å². The molecule has 3 rings (SSSR count). The average Bonchev–Trinajstić information content (AvgIpc) is 2.97. The van der Waals surface area contributed by atoms with Crippen molar-refractivity contribution in [2.24, 2.45) is 5.10 Å². The van der Waals surface area contributed by atoms with Gasteiger partial charge in [0.1, 0.15) is 0 Å². The molecule has 0 aliphatic rings. The van der Waals surface area contributed by atoms with E-state index < -0.39 is 0 Å². The number of methoxy groups -OCH3 is 2. The van der Waals surface area contributed by atoms with Gasteiger partial charge in [0.05, 0.1) is 35.1 Å². The van der Waals surface area contributed by atoms with Crippen molar-refractivity contribution >= 4 is 48.8 Å². The van der Waals surface area contributed by atoms with Gasteiger partial charge in [-0.05, 0) is 45.8 Å². The molecule has 7 heteroatoms. The van der Waals surface area contributed by atoms with Crippen LogP contribution in [0.25, 0.3) is 10.2 Å². The van der Waals surface area contributed by atoms with Crippen LogP contribution in [0.5, 0.6) is 11.5 Å². The maximum atomic E-state index is 5.31. The molecule has 0 amide bonds. The fourth-order valence-corrected chi connectivity index (χ4v) is 3.53. The van der Waals surface area contributed by atoms with Crippen molar-refractivity contribution in [1.29, 1.82) is 0 Å². The summed E-state index contributed by atoms with van der Waals surface area (Å²) in [6.45, 7) is 0. The minimum atomic E-state index is 0.642. The van der Waals surface area contributed by atoms with E-state index in [1.165, 1.54) is 0 Å². The highest BCUT2D eigenvalue weighted by Crippen LogP contribution is 2.35. The smallest absolute Gasteiger partial charge is 0.204 e. The number of nitrogens with zero attached hydrogens (tertiary/aromatic N) is 2. The molecule has 1 aromatic heterocycles. The largest absolute Gasteiger partial charge is 0.493 e. The van der Waals surface area contributed by atoms with Crippen LogP contribution >= 0.6 is 27.3 Å². The lowest BCUT2D eigenvalue weighted by Crippen LogP contribution is -1.95. The lowest BCUT2D eigenvalue weighted by atomic mass is 10.2. The molecule has 0 atom stereocenters. The number of aromatic nitrogens is 1. The van der Waals surface area contributed by atoms with Crippen LogP contribution in [-0.2, 0) is 0 Å². The highest BCUT2D eigenvalue weighted by molar-refractivity contribution is 9.10. The minimum absolute atomic E-state index is 0.642. The summed E-state index contributed by atoms with van der Waals surface area (Å²) >= 11 is 5.02. The fraction of sp³-hybridized carbons (Fsp3) is 0.125. The Morgan fingerprint density at radius 2 is 2.04 bits per heavy atom. The zero-order valence-electron chi connectivity index (χ0n) is 12.5. The average molecular weight is 392 g/mol. The zero-order chi connectivity index (χ0) is 16.2. The molecule has 2 aromatic carbocycles. The molecule has 1 heterocycles. The molecular weight excluding hydrogens is 378 g/mol. The topological polar surface area (TPSA) is 55.7 Å². The minimum Gasteiger partial charge on any atom is -0.493 e. The third kappa shape index (κ3) is 3.46. The first kappa shape index (κ1) is 15.8. The van der Waals surface area contributed by atoms with Crippen molar-refractivity contribution in [3.8, 4) is 11.5 Å². The van der Waals surface area contributed by atoms with E-state index in [1.807, 2.05) is 36.4 Å². The zero-order valence-corrected chi connectivity index (χ0v) is 14.9. The van der Waals surface area contributed by atoms with Gasteiger partial charge in [0.15, 0.2) is 11.5 Å². The third-order valence-electron chi connectivity index (χ3n) is 3.12. The molecule has 118 valence electrons. The second kappa shape index (κ2) is 6.97. The summed E-state index contributed by atoms with van der Waals surface area (Å²) in [5, 5.41) is 4.99. The number of anilines is 1. The summed E-state index contributed by atoms with van der Waals surface area (Å²) in [4.78, 5) is 4.46. The molecule has 5 nitrogen and oxygen atoms in total. The predicted molar refractivity (Wildman–Crippen MR) is 98.1 cm³/mol. The highest BCUT2D eigenvalue weighted by atomic mass is 79.9. The van der Waals surface area contributed by atoms with Crippen molar-refractivity contribution in [1.82, 2.24) is 4.98 Å². The number of hydrogen-bond donors (Lipinski definition) is 1. The van der Waals surface area contributed by atoms with Crippen LogP contribution in [0.3, 0.4) is 0 Å². The summed E-state index contributed by atoms with van der Waals surface area (Å²) in [5.74, 6) is 1.30. The number of para-hydroxylation sites is 1. The van der Waals surface area contributed by atoms with Gasteiger partial charge in [-0.15, -0.1) is 0 Å². The van der Waals surface area contributed by atoms with Crippen LogP contribution in [-0.4, -0.2) is 25.4 Å². The molecule has 0 aliphatic heterocycles. The molecule has 0 spiro atoms. The summed E-state index contributed by atoms with van der Waals surface area (Å²) < 4.78 is 12.5. The van der Waals surface area contributed by atoms with Gasteiger partial charge < -0.3 is 9.47 Å². The van der Waals surface area contributed by atoms with Gasteiger partial charge in [-0.3, -0.25) is 5.43 Å². The Morgan fingerprint density at radius 3 is 2.78 bits per heavy atom. The monoisotopic (exact) mass is 391 g/mol. The Bertz CT molecular complexity index is 831. The van der Waals surface area contributed by atoms with Gasteiger partial charge in [-0.25, -0.2) is 4.98 Å². The van der Waals surface area contributed by atoms with Crippen LogP contribution in [0.4, 0.5) is 5.13 Å². The number of halogens is 1. The van der Waals surface area contributed by atoms with Gasteiger partial charge >= 0.3 is 0 Å². The van der Waals surface area contributed by atoms with E-state index >= 15 is 0 Å². The number of hydrogen-bond acceptors (Lipinski definition) is 6. The number of benzene rings is 2. The number of rotatable bonds is 5. The van der Waals surface area contributed by atoms with Gasteiger partial charge in [-0.1, -0.05) is 23.5 Å². The first-order valence-electron chi connectivity index (χ1n) is 6.77. The highest BCUT2D eigenvalue weighted by Gasteiger charge is 2.09. The van der Waals surface area contributed by atoms with Gasteiger partial charge in [0.2, 0.25) is 5.13 Å². The Hall–Kier alpha value is -2.12. The fourth-order valence-electron chi connectivity index (χ4n) is 2.09. The van der Waals surface area contributed by atoms with Crippen molar-refractivity contribution in [2.75, 3.05) is 19.6 Å². The van der Waals surface area contributed by atoms with E-state index in [0.717, 1.165) is 25.4 Å². The quantitative estimate of drug-likeness (QED) is 0.512. The van der Waals surface area contributed by atoms with E-state index in [4.69, 9.17) is 9.47 Å². The van der Waals surface area contributed by atoms with E-state index in [1.54, 1.807) is 31.8 Å². The Morgan fingerprint density at radius 1 is 1.22 bits per heavy atom. The molecule has 0 bridgehead atoms. The van der Waals surface area contributed by atoms with E-state index in [2.05, 4.69) is 31.4 Å². The van der Waals surface area contributed by atoms with E-state index in [9.17, 15) is 0 Å². The van der Waals surface area contributed by atoms with E-state index in [-0.39, 0.29) is 0 Å². The second-order valence-electron chi connectivity index (χ2n) is 4.59. The van der Waals surface area contributed by atoms with Gasteiger partial charge in [0, 0.05) is 0 Å². The van der Waals surface area contributed by atoms with Crippen LogP contribution < -0.4 is 14.9 Å². The SMILES string of the molecule is COc1cc(C=NNc2nc3ccccc3s2)cc(Br)c1OC. The Balaban J connectivity index is 1.78. The first-order valence-corrected chi connectivity index (χ1v) is 8.38. The molecule has 0 aliphatic carbocycles. The first-order chi connectivity index (χ1) is 11.2. The van der Waals surface area contributed by atoms with Crippen molar-refractivity contribution in [3.63, 3.8) is 0 Å². The number of nitrogens with one attached hydrogen (secondary N) is 1. The normalized spacial score (nSPS) is 11.1. The lowest BCUT2D eigenvalue weighted by molar-refractivity contribution is 0.353. The summed E-state index contributed by atoms with van der Waals surface area (Å²) in [7, 11) is 3.20. The molecule has 0 saturated heterocycles.